The Hall–Kier alpha value is -1.64. The average molecular weight is 191 g/mol. The molecule has 0 aliphatic heterocycles. The molecule has 14 heavy (non-hydrogen) atoms. The highest BCUT2D eigenvalue weighted by atomic mass is 16.5. The van der Waals surface area contributed by atoms with E-state index >= 15 is 0 Å². The first-order chi connectivity index (χ1) is 6.85. The highest BCUT2D eigenvalue weighted by Crippen LogP contribution is 2.28. The van der Waals surface area contributed by atoms with Crippen LogP contribution in [0.15, 0.2) is 24.4 Å². The smallest absolute Gasteiger partial charge is 0.144 e. The van der Waals surface area contributed by atoms with Gasteiger partial charge in [0.05, 0.1) is 19.2 Å². The molecular weight excluding hydrogens is 178 g/mol. The van der Waals surface area contributed by atoms with Gasteiger partial charge < -0.3 is 14.5 Å². The SMILES string of the molecule is CCOc1c[nH]c2cc(OC)ccc12. The number of ether oxygens (including phenoxy) is 2. The highest BCUT2D eigenvalue weighted by Gasteiger charge is 2.04. The van der Waals surface area contributed by atoms with Gasteiger partial charge in [0, 0.05) is 17.6 Å². The summed E-state index contributed by atoms with van der Waals surface area (Å²) in [6.07, 6.45) is 1.87. The van der Waals surface area contributed by atoms with E-state index in [1.165, 1.54) is 0 Å². The van der Waals surface area contributed by atoms with E-state index in [-0.39, 0.29) is 0 Å². The molecule has 74 valence electrons. The van der Waals surface area contributed by atoms with Crippen LogP contribution in [0.25, 0.3) is 10.9 Å². The second kappa shape index (κ2) is 3.62. The van der Waals surface area contributed by atoms with E-state index < -0.39 is 0 Å². The minimum Gasteiger partial charge on any atom is -0.497 e. The van der Waals surface area contributed by atoms with Gasteiger partial charge in [-0.05, 0) is 19.1 Å². The van der Waals surface area contributed by atoms with Crippen LogP contribution in [0.4, 0.5) is 0 Å². The molecule has 1 aromatic heterocycles. The quantitative estimate of drug-likeness (QED) is 0.809. The van der Waals surface area contributed by atoms with Gasteiger partial charge in [-0.3, -0.25) is 0 Å². The molecule has 0 bridgehead atoms. The van der Waals surface area contributed by atoms with Crippen molar-refractivity contribution in [3.63, 3.8) is 0 Å². The number of aromatic amines is 1. The Morgan fingerprint density at radius 1 is 1.36 bits per heavy atom. The fourth-order valence-corrected chi connectivity index (χ4v) is 1.48. The largest absolute Gasteiger partial charge is 0.497 e. The molecule has 3 heteroatoms. The number of benzene rings is 1. The summed E-state index contributed by atoms with van der Waals surface area (Å²) in [4.78, 5) is 3.14. The molecule has 0 radical (unpaired) electrons. The molecule has 0 unspecified atom stereocenters. The van der Waals surface area contributed by atoms with E-state index in [4.69, 9.17) is 9.47 Å². The lowest BCUT2D eigenvalue weighted by atomic mass is 10.2. The first-order valence-corrected chi connectivity index (χ1v) is 4.63. The van der Waals surface area contributed by atoms with E-state index in [1.807, 2.05) is 31.3 Å². The second-order valence-corrected chi connectivity index (χ2v) is 3.00. The van der Waals surface area contributed by atoms with Crippen molar-refractivity contribution in [2.45, 2.75) is 6.92 Å². The minimum absolute atomic E-state index is 0.680. The summed E-state index contributed by atoms with van der Waals surface area (Å²) >= 11 is 0. The van der Waals surface area contributed by atoms with E-state index in [0.29, 0.717) is 6.61 Å². The van der Waals surface area contributed by atoms with Gasteiger partial charge in [0.25, 0.3) is 0 Å². The minimum atomic E-state index is 0.680. The zero-order valence-electron chi connectivity index (χ0n) is 8.33. The Labute approximate surface area is 82.6 Å². The molecule has 2 rings (SSSR count). The van der Waals surface area contributed by atoms with Crippen LogP contribution in [-0.4, -0.2) is 18.7 Å². The van der Waals surface area contributed by atoms with Crippen molar-refractivity contribution in [1.29, 1.82) is 0 Å². The maximum atomic E-state index is 5.46. The van der Waals surface area contributed by atoms with Crippen LogP contribution in [0.5, 0.6) is 11.5 Å². The summed E-state index contributed by atoms with van der Waals surface area (Å²) in [6.45, 7) is 2.65. The Bertz CT molecular complexity index is 434. The predicted molar refractivity (Wildman–Crippen MR) is 56.0 cm³/mol. The van der Waals surface area contributed by atoms with Crippen LogP contribution < -0.4 is 9.47 Å². The molecule has 0 fully saturated rings. The van der Waals surface area contributed by atoms with Crippen LogP contribution in [0.1, 0.15) is 6.92 Å². The molecule has 0 aliphatic rings. The second-order valence-electron chi connectivity index (χ2n) is 3.00. The number of hydrogen-bond donors (Lipinski definition) is 1. The molecule has 0 saturated heterocycles. The molecule has 2 aromatic rings. The first-order valence-electron chi connectivity index (χ1n) is 4.63. The molecule has 0 amide bonds. The van der Waals surface area contributed by atoms with E-state index in [2.05, 4.69) is 4.98 Å². The van der Waals surface area contributed by atoms with E-state index in [0.717, 1.165) is 22.4 Å². The molecule has 1 aromatic carbocycles. The zero-order valence-corrected chi connectivity index (χ0v) is 8.33. The number of nitrogens with one attached hydrogen (secondary N) is 1. The molecule has 0 saturated carbocycles. The van der Waals surface area contributed by atoms with Crippen LogP contribution in [-0.2, 0) is 0 Å². The van der Waals surface area contributed by atoms with E-state index in [9.17, 15) is 0 Å². The third-order valence-electron chi connectivity index (χ3n) is 2.15. The maximum absolute atomic E-state index is 5.46. The predicted octanol–water partition coefficient (Wildman–Crippen LogP) is 2.58. The molecule has 0 atom stereocenters. The lowest BCUT2D eigenvalue weighted by molar-refractivity contribution is 0.344. The standard InChI is InChI=1S/C11H13NO2/c1-3-14-11-7-12-10-6-8(13-2)4-5-9(10)11/h4-7,12H,3H2,1-2H3. The van der Waals surface area contributed by atoms with Crippen molar-refractivity contribution in [2.24, 2.45) is 0 Å². The summed E-state index contributed by atoms with van der Waals surface area (Å²) in [7, 11) is 1.66. The zero-order chi connectivity index (χ0) is 9.97. The monoisotopic (exact) mass is 191 g/mol. The van der Waals surface area contributed by atoms with Crippen molar-refractivity contribution in [3.8, 4) is 11.5 Å². The summed E-state index contributed by atoms with van der Waals surface area (Å²) in [5, 5.41) is 1.09. The van der Waals surface area contributed by atoms with Gasteiger partial charge in [-0.2, -0.15) is 0 Å². The number of rotatable bonds is 3. The van der Waals surface area contributed by atoms with Gasteiger partial charge in [0.1, 0.15) is 11.5 Å². The van der Waals surface area contributed by atoms with Gasteiger partial charge in [-0.1, -0.05) is 0 Å². The fourth-order valence-electron chi connectivity index (χ4n) is 1.48. The number of fused-ring (bicyclic) bond motifs is 1. The third-order valence-corrected chi connectivity index (χ3v) is 2.15. The van der Waals surface area contributed by atoms with Crippen LogP contribution in [0.3, 0.4) is 0 Å². The van der Waals surface area contributed by atoms with E-state index in [1.54, 1.807) is 7.11 Å². The van der Waals surface area contributed by atoms with Crippen LogP contribution >= 0.6 is 0 Å². The maximum Gasteiger partial charge on any atom is 0.144 e. The normalized spacial score (nSPS) is 10.4. The third kappa shape index (κ3) is 1.41. The van der Waals surface area contributed by atoms with Gasteiger partial charge >= 0.3 is 0 Å². The van der Waals surface area contributed by atoms with Gasteiger partial charge in [-0.15, -0.1) is 0 Å². The summed E-state index contributed by atoms with van der Waals surface area (Å²) in [6, 6.07) is 5.88. The Morgan fingerprint density at radius 3 is 2.93 bits per heavy atom. The number of methoxy groups -OCH3 is 1. The average Bonchev–Trinajstić information content (AvgIpc) is 2.61. The summed E-state index contributed by atoms with van der Waals surface area (Å²) in [5.74, 6) is 1.74. The molecule has 1 heterocycles. The molecule has 0 spiro atoms. The van der Waals surface area contributed by atoms with Crippen molar-refractivity contribution in [1.82, 2.24) is 4.98 Å². The van der Waals surface area contributed by atoms with Crippen LogP contribution in [0, 0.1) is 0 Å². The highest BCUT2D eigenvalue weighted by molar-refractivity contribution is 5.87. The van der Waals surface area contributed by atoms with Crippen LogP contribution in [0.2, 0.25) is 0 Å². The van der Waals surface area contributed by atoms with Gasteiger partial charge in [-0.25, -0.2) is 0 Å². The molecule has 1 N–H and O–H groups in total. The summed E-state index contributed by atoms with van der Waals surface area (Å²) < 4.78 is 10.6. The summed E-state index contributed by atoms with van der Waals surface area (Å²) in [5.41, 5.74) is 1.04. The van der Waals surface area contributed by atoms with Crippen molar-refractivity contribution in [3.05, 3.63) is 24.4 Å². The van der Waals surface area contributed by atoms with Crippen molar-refractivity contribution >= 4 is 10.9 Å². The Kier molecular flexibility index (Phi) is 2.31. The van der Waals surface area contributed by atoms with Crippen molar-refractivity contribution < 1.29 is 9.47 Å². The molecule has 3 nitrogen and oxygen atoms in total. The number of aromatic nitrogens is 1. The lowest BCUT2D eigenvalue weighted by Gasteiger charge is -2.01. The van der Waals surface area contributed by atoms with Gasteiger partial charge in [0.2, 0.25) is 0 Å². The number of hydrogen-bond acceptors (Lipinski definition) is 2. The lowest BCUT2D eigenvalue weighted by Crippen LogP contribution is -1.89. The van der Waals surface area contributed by atoms with Gasteiger partial charge in [0.15, 0.2) is 0 Å². The first kappa shape index (κ1) is 8.94. The Balaban J connectivity index is 2.48. The molecular formula is C11H13NO2. The fraction of sp³-hybridized carbons (Fsp3) is 0.273. The Morgan fingerprint density at radius 2 is 2.21 bits per heavy atom. The van der Waals surface area contributed by atoms with Crippen molar-refractivity contribution in [2.75, 3.05) is 13.7 Å². The topological polar surface area (TPSA) is 34.2 Å². The number of H-pyrrole nitrogens is 1. The molecule has 0 aliphatic carbocycles.